The molecule has 12 heavy (non-hydrogen) atoms. The van der Waals surface area contributed by atoms with Crippen LogP contribution in [0.15, 0.2) is 0 Å². The Morgan fingerprint density at radius 2 is 1.25 bits per heavy atom. The highest BCUT2D eigenvalue weighted by molar-refractivity contribution is 8.00. The quantitative estimate of drug-likeness (QED) is 0.724. The van der Waals surface area contributed by atoms with Gasteiger partial charge in [-0.2, -0.15) is 23.5 Å². The van der Waals surface area contributed by atoms with Gasteiger partial charge in [0.1, 0.15) is 0 Å². The van der Waals surface area contributed by atoms with Crippen molar-refractivity contribution < 1.29 is 5.11 Å². The molecule has 0 saturated carbocycles. The lowest BCUT2D eigenvalue weighted by atomic mass is 10.5. The number of thioether (sulfide) groups is 2. The predicted octanol–water partition coefficient (Wildman–Crippen LogP) is 2.63. The molecule has 0 heterocycles. The molecule has 1 N–H and O–H groups in total. The van der Waals surface area contributed by atoms with E-state index < -0.39 is 0 Å². The zero-order chi connectivity index (χ0) is 9.56. The van der Waals surface area contributed by atoms with Crippen LogP contribution >= 0.6 is 23.5 Å². The highest BCUT2D eigenvalue weighted by atomic mass is 32.2. The molecule has 0 radical (unpaired) electrons. The Balaban J connectivity index is 3.27. The van der Waals surface area contributed by atoms with E-state index in [1.807, 2.05) is 23.5 Å². The summed E-state index contributed by atoms with van der Waals surface area (Å²) >= 11 is 3.66. The van der Waals surface area contributed by atoms with Gasteiger partial charge in [-0.15, -0.1) is 0 Å². The molecular formula is C9H20OS2. The van der Waals surface area contributed by atoms with Crippen molar-refractivity contribution in [1.82, 2.24) is 0 Å². The normalized spacial score (nSPS) is 12.0. The molecule has 3 heteroatoms. The van der Waals surface area contributed by atoms with Crippen LogP contribution in [0.2, 0.25) is 0 Å². The van der Waals surface area contributed by atoms with E-state index in [0.29, 0.717) is 10.5 Å². The molecule has 0 aromatic heterocycles. The standard InChI is InChI=1S/C9H20OS2/c1-7(2)11-5-9(10)6-12-8(3)4/h7-10H,5-6H2,1-4H3. The van der Waals surface area contributed by atoms with Crippen molar-refractivity contribution in [3.05, 3.63) is 0 Å². The van der Waals surface area contributed by atoms with Gasteiger partial charge in [-0.25, -0.2) is 0 Å². The van der Waals surface area contributed by atoms with Crippen LogP contribution in [0.1, 0.15) is 27.7 Å². The summed E-state index contributed by atoms with van der Waals surface area (Å²) in [6.07, 6.45) is -0.134. The maximum atomic E-state index is 9.51. The van der Waals surface area contributed by atoms with Gasteiger partial charge in [0.2, 0.25) is 0 Å². The van der Waals surface area contributed by atoms with Gasteiger partial charge in [0.15, 0.2) is 0 Å². The van der Waals surface area contributed by atoms with Crippen LogP contribution in [0.3, 0.4) is 0 Å². The predicted molar refractivity (Wildman–Crippen MR) is 61.2 cm³/mol. The molecule has 0 aliphatic rings. The second kappa shape index (κ2) is 7.10. The lowest BCUT2D eigenvalue weighted by molar-refractivity contribution is 0.225. The van der Waals surface area contributed by atoms with E-state index in [2.05, 4.69) is 27.7 Å². The molecule has 0 aromatic rings. The van der Waals surface area contributed by atoms with Gasteiger partial charge in [0, 0.05) is 11.5 Å². The largest absolute Gasteiger partial charge is 0.391 e. The zero-order valence-corrected chi connectivity index (χ0v) is 10.0. The van der Waals surface area contributed by atoms with Crippen molar-refractivity contribution in [2.75, 3.05) is 11.5 Å². The molecule has 0 saturated heterocycles. The average molecular weight is 208 g/mol. The SMILES string of the molecule is CC(C)SCC(O)CSC(C)C. The summed E-state index contributed by atoms with van der Waals surface area (Å²) in [6.45, 7) is 8.64. The Bertz CT molecular complexity index is 92.7. The number of aliphatic hydroxyl groups excluding tert-OH is 1. The van der Waals surface area contributed by atoms with Crippen LogP contribution in [0.4, 0.5) is 0 Å². The molecule has 1 nitrogen and oxygen atoms in total. The van der Waals surface area contributed by atoms with E-state index in [9.17, 15) is 5.11 Å². The van der Waals surface area contributed by atoms with Crippen molar-refractivity contribution in [3.63, 3.8) is 0 Å². The van der Waals surface area contributed by atoms with Crippen LogP contribution in [0, 0.1) is 0 Å². The summed E-state index contributed by atoms with van der Waals surface area (Å²) in [5.74, 6) is 1.74. The molecule has 0 amide bonds. The molecule has 0 spiro atoms. The van der Waals surface area contributed by atoms with Crippen molar-refractivity contribution >= 4 is 23.5 Å². The van der Waals surface area contributed by atoms with Crippen LogP contribution in [-0.2, 0) is 0 Å². The topological polar surface area (TPSA) is 20.2 Å². The second-order valence-corrected chi connectivity index (χ2v) is 6.64. The molecule has 0 aliphatic heterocycles. The van der Waals surface area contributed by atoms with E-state index in [4.69, 9.17) is 0 Å². The van der Waals surface area contributed by atoms with Gasteiger partial charge in [0.25, 0.3) is 0 Å². The summed E-state index contributed by atoms with van der Waals surface area (Å²) < 4.78 is 0. The number of aliphatic hydroxyl groups is 1. The highest BCUT2D eigenvalue weighted by Gasteiger charge is 2.06. The maximum Gasteiger partial charge on any atom is 0.0721 e. The van der Waals surface area contributed by atoms with Crippen LogP contribution in [0.5, 0.6) is 0 Å². The summed E-state index contributed by atoms with van der Waals surface area (Å²) in [7, 11) is 0. The Hall–Kier alpha value is 0.660. The van der Waals surface area contributed by atoms with Crippen LogP contribution < -0.4 is 0 Å². The Morgan fingerprint density at radius 3 is 1.50 bits per heavy atom. The van der Waals surface area contributed by atoms with E-state index >= 15 is 0 Å². The third-order valence-corrected chi connectivity index (χ3v) is 3.73. The fourth-order valence-corrected chi connectivity index (χ4v) is 2.25. The van der Waals surface area contributed by atoms with Crippen molar-refractivity contribution in [2.45, 2.75) is 44.3 Å². The molecule has 0 atom stereocenters. The fraction of sp³-hybridized carbons (Fsp3) is 1.00. The Kier molecular flexibility index (Phi) is 7.49. The van der Waals surface area contributed by atoms with E-state index in [0.717, 1.165) is 11.5 Å². The minimum Gasteiger partial charge on any atom is -0.391 e. The highest BCUT2D eigenvalue weighted by Crippen LogP contribution is 2.15. The second-order valence-electron chi connectivity index (χ2n) is 3.42. The van der Waals surface area contributed by atoms with E-state index in [1.165, 1.54) is 0 Å². The summed E-state index contributed by atoms with van der Waals surface area (Å²) in [6, 6.07) is 0. The molecule has 0 aliphatic carbocycles. The number of hydrogen-bond donors (Lipinski definition) is 1. The van der Waals surface area contributed by atoms with Crippen molar-refractivity contribution in [1.29, 1.82) is 0 Å². The van der Waals surface area contributed by atoms with Crippen molar-refractivity contribution in [3.8, 4) is 0 Å². The van der Waals surface area contributed by atoms with E-state index in [-0.39, 0.29) is 6.10 Å². The Morgan fingerprint density at radius 1 is 0.917 bits per heavy atom. The first-order valence-electron chi connectivity index (χ1n) is 4.43. The van der Waals surface area contributed by atoms with Gasteiger partial charge >= 0.3 is 0 Å². The molecule has 0 rings (SSSR count). The summed E-state index contributed by atoms with van der Waals surface area (Å²) in [5, 5.41) is 10.8. The fourth-order valence-electron chi connectivity index (χ4n) is 0.655. The van der Waals surface area contributed by atoms with Gasteiger partial charge in [0.05, 0.1) is 6.10 Å². The first-order valence-corrected chi connectivity index (χ1v) is 6.53. The number of hydrogen-bond acceptors (Lipinski definition) is 3. The lowest BCUT2D eigenvalue weighted by Crippen LogP contribution is -2.15. The maximum absolute atomic E-state index is 9.51. The first kappa shape index (κ1) is 12.7. The van der Waals surface area contributed by atoms with Crippen LogP contribution in [0.25, 0.3) is 0 Å². The van der Waals surface area contributed by atoms with Crippen molar-refractivity contribution in [2.24, 2.45) is 0 Å². The molecular weight excluding hydrogens is 188 g/mol. The average Bonchev–Trinajstić information content (AvgIpc) is 1.96. The minimum atomic E-state index is -0.134. The zero-order valence-electron chi connectivity index (χ0n) is 8.41. The first-order chi connectivity index (χ1) is 5.52. The monoisotopic (exact) mass is 208 g/mol. The summed E-state index contributed by atoms with van der Waals surface area (Å²) in [4.78, 5) is 0. The van der Waals surface area contributed by atoms with E-state index in [1.54, 1.807) is 0 Å². The molecule has 0 bridgehead atoms. The van der Waals surface area contributed by atoms with Gasteiger partial charge < -0.3 is 5.11 Å². The third kappa shape index (κ3) is 8.75. The minimum absolute atomic E-state index is 0.134. The Labute approximate surface area is 84.7 Å². The molecule has 74 valence electrons. The van der Waals surface area contributed by atoms with Gasteiger partial charge in [-0.3, -0.25) is 0 Å². The number of rotatable bonds is 6. The molecule has 0 aromatic carbocycles. The third-order valence-electron chi connectivity index (χ3n) is 1.24. The molecule has 0 unspecified atom stereocenters. The van der Waals surface area contributed by atoms with Gasteiger partial charge in [-0.1, -0.05) is 27.7 Å². The van der Waals surface area contributed by atoms with Gasteiger partial charge in [-0.05, 0) is 10.5 Å². The smallest absolute Gasteiger partial charge is 0.0721 e. The lowest BCUT2D eigenvalue weighted by Gasteiger charge is -2.12. The van der Waals surface area contributed by atoms with Crippen LogP contribution in [-0.4, -0.2) is 33.2 Å². The summed E-state index contributed by atoms with van der Waals surface area (Å²) in [5.41, 5.74) is 0. The molecule has 0 fully saturated rings.